The number of hydrogen-bond acceptors (Lipinski definition) is 2. The summed E-state index contributed by atoms with van der Waals surface area (Å²) in [6, 6.07) is 11.1. The van der Waals surface area contributed by atoms with Gasteiger partial charge in [0.2, 0.25) is 0 Å². The molecule has 2 aromatic heterocycles. The molecule has 2 atom stereocenters. The molecule has 0 radical (unpaired) electrons. The van der Waals surface area contributed by atoms with Crippen LogP contribution < -0.4 is 0 Å². The zero-order valence-corrected chi connectivity index (χ0v) is 14.7. The average Bonchev–Trinajstić information content (AvgIpc) is 3.31. The summed E-state index contributed by atoms with van der Waals surface area (Å²) in [5, 5.41) is 4.88. The van der Waals surface area contributed by atoms with Gasteiger partial charge in [-0.2, -0.15) is 5.10 Å². The van der Waals surface area contributed by atoms with Gasteiger partial charge in [0.05, 0.1) is 5.69 Å². The first-order valence-corrected chi connectivity index (χ1v) is 8.57. The molecule has 1 aliphatic carbocycles. The van der Waals surface area contributed by atoms with Crippen molar-refractivity contribution in [1.82, 2.24) is 14.8 Å². The van der Waals surface area contributed by atoms with Crippen molar-refractivity contribution in [2.75, 3.05) is 0 Å². The minimum absolute atomic E-state index is 0.523. The minimum Gasteiger partial charge on any atom is -0.272 e. The number of aryl methyl sites for hydroxylation is 3. The van der Waals surface area contributed by atoms with Crippen LogP contribution in [0.15, 0.2) is 42.7 Å². The van der Waals surface area contributed by atoms with Crippen LogP contribution in [-0.4, -0.2) is 14.8 Å². The lowest BCUT2D eigenvalue weighted by Gasteiger charge is -2.07. The molecule has 24 heavy (non-hydrogen) atoms. The van der Waals surface area contributed by atoms with E-state index in [1.165, 1.54) is 45.6 Å². The lowest BCUT2D eigenvalue weighted by molar-refractivity contribution is 0.719. The molecule has 0 N–H and O–H groups in total. The van der Waals surface area contributed by atoms with Gasteiger partial charge in [0.15, 0.2) is 0 Å². The van der Waals surface area contributed by atoms with Gasteiger partial charge >= 0.3 is 0 Å². The molecule has 122 valence electrons. The molecule has 0 saturated heterocycles. The van der Waals surface area contributed by atoms with Gasteiger partial charge in [0.1, 0.15) is 0 Å². The molecule has 3 nitrogen and oxygen atoms in total. The summed E-state index contributed by atoms with van der Waals surface area (Å²) in [6.45, 7) is 6.43. The predicted octanol–water partition coefficient (Wildman–Crippen LogP) is 4.68. The normalized spacial score (nSPS) is 19.5. The Bertz CT molecular complexity index is 890. The summed E-state index contributed by atoms with van der Waals surface area (Å²) < 4.78 is 2.02. The highest BCUT2D eigenvalue weighted by molar-refractivity contribution is 5.72. The maximum Gasteiger partial charge on any atom is 0.0742 e. The second-order valence-electron chi connectivity index (χ2n) is 7.02. The van der Waals surface area contributed by atoms with Crippen molar-refractivity contribution in [3.8, 4) is 11.1 Å². The van der Waals surface area contributed by atoms with E-state index in [-0.39, 0.29) is 0 Å². The molecular formula is C21H23N3. The van der Waals surface area contributed by atoms with Crippen molar-refractivity contribution >= 4 is 0 Å². The van der Waals surface area contributed by atoms with Gasteiger partial charge in [-0.05, 0) is 55.9 Å². The largest absolute Gasteiger partial charge is 0.272 e. The number of pyridine rings is 1. The first-order valence-electron chi connectivity index (χ1n) is 8.57. The van der Waals surface area contributed by atoms with Crippen molar-refractivity contribution in [2.24, 2.45) is 7.05 Å². The van der Waals surface area contributed by atoms with Gasteiger partial charge in [0.25, 0.3) is 0 Å². The van der Waals surface area contributed by atoms with E-state index in [0.717, 1.165) is 0 Å². The van der Waals surface area contributed by atoms with Crippen molar-refractivity contribution < 1.29 is 0 Å². The summed E-state index contributed by atoms with van der Waals surface area (Å²) in [7, 11) is 2.04. The lowest BCUT2D eigenvalue weighted by atomic mass is 9.97. The van der Waals surface area contributed by atoms with Crippen LogP contribution in [0.4, 0.5) is 0 Å². The van der Waals surface area contributed by atoms with E-state index >= 15 is 0 Å². The molecule has 2 heterocycles. The number of aromatic nitrogens is 3. The molecule has 1 aliphatic rings. The third-order valence-electron chi connectivity index (χ3n) is 5.30. The Morgan fingerprint density at radius 1 is 1.00 bits per heavy atom. The molecular weight excluding hydrogens is 294 g/mol. The topological polar surface area (TPSA) is 30.7 Å². The maximum atomic E-state index is 4.88. The van der Waals surface area contributed by atoms with Gasteiger partial charge < -0.3 is 0 Å². The van der Waals surface area contributed by atoms with Crippen molar-refractivity contribution in [3.05, 3.63) is 70.8 Å². The summed E-state index contributed by atoms with van der Waals surface area (Å²) in [5.41, 5.74) is 9.01. The second-order valence-corrected chi connectivity index (χ2v) is 7.02. The second kappa shape index (κ2) is 5.59. The van der Waals surface area contributed by atoms with Crippen molar-refractivity contribution in [1.29, 1.82) is 0 Å². The van der Waals surface area contributed by atoms with Gasteiger partial charge in [-0.1, -0.05) is 29.8 Å². The Morgan fingerprint density at radius 3 is 2.46 bits per heavy atom. The van der Waals surface area contributed by atoms with E-state index in [9.17, 15) is 0 Å². The van der Waals surface area contributed by atoms with E-state index < -0.39 is 0 Å². The lowest BCUT2D eigenvalue weighted by Crippen LogP contribution is -1.93. The summed E-state index contributed by atoms with van der Waals surface area (Å²) in [5.74, 6) is 1.12. The summed E-state index contributed by atoms with van der Waals surface area (Å²) in [4.78, 5) is 4.24. The Kier molecular flexibility index (Phi) is 3.52. The van der Waals surface area contributed by atoms with Crippen LogP contribution in [0.5, 0.6) is 0 Å². The molecule has 4 rings (SSSR count). The fourth-order valence-corrected chi connectivity index (χ4v) is 3.66. The summed E-state index contributed by atoms with van der Waals surface area (Å²) in [6.07, 6.45) is 5.01. The molecule has 0 bridgehead atoms. The zero-order valence-electron chi connectivity index (χ0n) is 14.7. The van der Waals surface area contributed by atoms with Gasteiger partial charge in [-0.3, -0.25) is 9.67 Å². The number of rotatable bonds is 3. The van der Waals surface area contributed by atoms with E-state index in [2.05, 4.69) is 56.1 Å². The molecule has 1 saturated carbocycles. The van der Waals surface area contributed by atoms with Crippen molar-refractivity contribution in [3.63, 3.8) is 0 Å². The third kappa shape index (κ3) is 2.44. The smallest absolute Gasteiger partial charge is 0.0742 e. The molecule has 1 aromatic carbocycles. The first kappa shape index (κ1) is 15.1. The quantitative estimate of drug-likeness (QED) is 0.702. The van der Waals surface area contributed by atoms with Crippen molar-refractivity contribution in [2.45, 2.75) is 39.0 Å². The standard InChI is InChI=1S/C21H23N3/c1-13-5-7-16(8-6-13)18-11-19(18)21-20(15(3)24(4)23-21)17-9-10-22-12-14(17)2/h5-10,12,18-19H,11H2,1-4H3. The van der Waals surface area contributed by atoms with Crippen LogP contribution in [0.1, 0.15) is 46.3 Å². The van der Waals surface area contributed by atoms with Crippen LogP contribution in [0.2, 0.25) is 0 Å². The fraction of sp³-hybridized carbons (Fsp3) is 0.333. The van der Waals surface area contributed by atoms with Crippen LogP contribution >= 0.6 is 0 Å². The van der Waals surface area contributed by atoms with Crippen LogP contribution in [0.3, 0.4) is 0 Å². The van der Waals surface area contributed by atoms with Crippen LogP contribution in [0.25, 0.3) is 11.1 Å². The van der Waals surface area contributed by atoms with Gasteiger partial charge in [-0.15, -0.1) is 0 Å². The molecule has 0 spiro atoms. The molecule has 3 aromatic rings. The van der Waals surface area contributed by atoms with Crippen LogP contribution in [0, 0.1) is 20.8 Å². The Labute approximate surface area is 143 Å². The number of benzene rings is 1. The zero-order chi connectivity index (χ0) is 16.8. The number of hydrogen-bond donors (Lipinski definition) is 0. The highest BCUT2D eigenvalue weighted by Crippen LogP contribution is 2.56. The minimum atomic E-state index is 0.523. The highest BCUT2D eigenvalue weighted by Gasteiger charge is 2.43. The fourth-order valence-electron chi connectivity index (χ4n) is 3.66. The molecule has 0 aliphatic heterocycles. The average molecular weight is 317 g/mol. The molecule has 2 unspecified atom stereocenters. The Morgan fingerprint density at radius 2 is 1.75 bits per heavy atom. The first-order chi connectivity index (χ1) is 11.6. The monoisotopic (exact) mass is 317 g/mol. The van der Waals surface area contributed by atoms with E-state index in [4.69, 9.17) is 5.10 Å². The van der Waals surface area contributed by atoms with Gasteiger partial charge in [-0.25, -0.2) is 0 Å². The van der Waals surface area contributed by atoms with E-state index in [1.54, 1.807) is 0 Å². The number of nitrogens with zero attached hydrogens (tertiary/aromatic N) is 3. The predicted molar refractivity (Wildman–Crippen MR) is 97.2 cm³/mol. The van der Waals surface area contributed by atoms with E-state index in [0.29, 0.717) is 11.8 Å². The highest BCUT2D eigenvalue weighted by atomic mass is 15.3. The maximum absolute atomic E-state index is 4.88. The Hall–Kier alpha value is -2.42. The van der Waals surface area contributed by atoms with Gasteiger partial charge in [0, 0.05) is 36.6 Å². The molecule has 1 fully saturated rings. The summed E-state index contributed by atoms with van der Waals surface area (Å²) >= 11 is 0. The molecule has 3 heteroatoms. The Balaban J connectivity index is 1.74. The SMILES string of the molecule is Cc1ccc(C2CC2c2nn(C)c(C)c2-c2ccncc2C)cc1. The third-order valence-corrected chi connectivity index (χ3v) is 5.30. The van der Waals surface area contributed by atoms with E-state index in [1.807, 2.05) is 24.1 Å². The molecule has 0 amide bonds. The van der Waals surface area contributed by atoms with Crippen LogP contribution in [-0.2, 0) is 7.05 Å².